The molecule has 0 N–H and O–H groups in total. The molecule has 3 heterocycles. The molecule has 0 saturated heterocycles. The Morgan fingerprint density at radius 3 is 2.08 bits per heavy atom. The normalized spacial score (nSPS) is 12.5. The summed E-state index contributed by atoms with van der Waals surface area (Å²) >= 11 is 0. The molecule has 325 valence electrons. The van der Waals surface area contributed by atoms with E-state index in [-0.39, 0.29) is 26.0 Å². The smallest absolute Gasteiger partial charge is 0.120 e. The summed E-state index contributed by atoms with van der Waals surface area (Å²) in [5.41, 5.74) is 13.6. The van der Waals surface area contributed by atoms with Gasteiger partial charge in [0.05, 0.1) is 30.5 Å². The number of para-hydroxylation sites is 3. The Balaban J connectivity index is 0.000000181. The fourth-order valence-electron chi connectivity index (χ4n) is 8.61. The first-order chi connectivity index (χ1) is 32.6. The van der Waals surface area contributed by atoms with Gasteiger partial charge in [0.25, 0.3) is 0 Å². The number of imidazole rings is 1. The molecule has 0 fully saturated rings. The van der Waals surface area contributed by atoms with Crippen molar-refractivity contribution < 1.29 is 27.3 Å². The van der Waals surface area contributed by atoms with Crippen LogP contribution in [-0.2, 0) is 26.5 Å². The number of pyridine rings is 1. The summed E-state index contributed by atoms with van der Waals surface area (Å²) in [4.78, 5) is 9.83. The van der Waals surface area contributed by atoms with Crippen molar-refractivity contribution in [1.29, 1.82) is 0 Å². The number of hydrogen-bond acceptors (Lipinski definition) is 3. The molecular formula is C60H49IrN3OSi-2. The van der Waals surface area contributed by atoms with Gasteiger partial charge >= 0.3 is 0 Å². The Hall–Kier alpha value is -6.95. The van der Waals surface area contributed by atoms with E-state index in [2.05, 4.69) is 151 Å². The number of furan rings is 1. The third-order valence-corrected chi connectivity index (χ3v) is 13.9. The molecule has 1 atom stereocenters. The summed E-state index contributed by atoms with van der Waals surface area (Å²) in [6.07, 6.45) is 0.400. The van der Waals surface area contributed by atoms with Gasteiger partial charge in [0.2, 0.25) is 0 Å². The van der Waals surface area contributed by atoms with Gasteiger partial charge in [-0.1, -0.05) is 177 Å². The number of rotatable bonds is 9. The van der Waals surface area contributed by atoms with E-state index < -0.39 is 14.4 Å². The maximum atomic E-state index is 9.04. The molecule has 0 saturated carbocycles. The van der Waals surface area contributed by atoms with Gasteiger partial charge in [0.15, 0.2) is 0 Å². The summed E-state index contributed by atoms with van der Waals surface area (Å²) in [6, 6.07) is 74.5. The molecule has 1 radical (unpaired) electrons. The maximum absolute atomic E-state index is 9.04. The van der Waals surface area contributed by atoms with Crippen LogP contribution in [-0.4, -0.2) is 22.6 Å². The summed E-state index contributed by atoms with van der Waals surface area (Å²) in [5, 5.41) is 3.23. The second-order valence-corrected chi connectivity index (χ2v) is 22.4. The molecule has 1 unspecified atom stereocenters. The van der Waals surface area contributed by atoms with Crippen LogP contribution < -0.4 is 5.19 Å². The third kappa shape index (κ3) is 9.01. The minimum atomic E-state index is -1.77. The standard InChI is InChI=1S/C37H23N2O.C23H26NSi.Ir/c1-3-12-25(13-4-1)27-22-23-33(31(24-27)26-14-5-2-6-15-26)39-34-20-9-8-19-32(34)38-37(39)30-18-11-17-29-28-16-7-10-21-35(28)40-36(29)30;1-18(19-11-7-5-8-12-19)15-21-16-22(20-13-9-6-10-14-20)24-17-23(21)25(2,3)4;/h1-17,19-24H;5-13,16-18H,15H2,1-4H3;/q2*-1;/i;15D2;. The van der Waals surface area contributed by atoms with Crippen LogP contribution in [0.4, 0.5) is 0 Å². The summed E-state index contributed by atoms with van der Waals surface area (Å²) in [7, 11) is -1.77. The fraction of sp³-hybridized carbons (Fsp3) is 0.100. The van der Waals surface area contributed by atoms with E-state index >= 15 is 0 Å². The second-order valence-electron chi connectivity index (χ2n) is 17.3. The number of fused-ring (bicyclic) bond motifs is 4. The Morgan fingerprint density at radius 1 is 0.652 bits per heavy atom. The third-order valence-electron chi connectivity index (χ3n) is 11.9. The molecule has 4 nitrogen and oxygen atoms in total. The molecule has 0 aliphatic rings. The predicted octanol–water partition coefficient (Wildman–Crippen LogP) is 15.2. The SMILES string of the molecule is [2H]C([2H])(c1cc(-c2[c-]cccc2)ncc1[Si](C)(C)C)C(C)c1ccccc1.[Ir].[c-]1ccc2c(oc3ccccc32)c1-c1nc2ccccc2n1-c1ccc(-c2ccccc2)cc1-c1ccccc1. The molecule has 0 aliphatic carbocycles. The van der Waals surface area contributed by atoms with Crippen LogP contribution in [0.5, 0.6) is 0 Å². The van der Waals surface area contributed by atoms with Gasteiger partial charge in [-0.3, -0.25) is 4.98 Å². The van der Waals surface area contributed by atoms with Crippen LogP contribution in [0.1, 0.15) is 26.7 Å². The van der Waals surface area contributed by atoms with Crippen LogP contribution in [0.3, 0.4) is 0 Å². The van der Waals surface area contributed by atoms with E-state index in [0.29, 0.717) is 0 Å². The Morgan fingerprint density at radius 2 is 1.33 bits per heavy atom. The minimum Gasteiger partial charge on any atom is -0.501 e. The maximum Gasteiger partial charge on any atom is 0.120 e. The van der Waals surface area contributed by atoms with Crippen LogP contribution in [0.15, 0.2) is 211 Å². The van der Waals surface area contributed by atoms with Crippen molar-refractivity contribution in [3.8, 4) is 50.6 Å². The summed E-state index contributed by atoms with van der Waals surface area (Å²) in [6.45, 7) is 8.69. The summed E-state index contributed by atoms with van der Waals surface area (Å²) < 4.78 is 26.8. The Kier molecular flexibility index (Phi) is 12.2. The number of benzene rings is 8. The van der Waals surface area contributed by atoms with Crippen LogP contribution in [0.2, 0.25) is 19.6 Å². The van der Waals surface area contributed by atoms with Gasteiger partial charge in [0.1, 0.15) is 5.58 Å². The van der Waals surface area contributed by atoms with E-state index in [1.807, 2.05) is 104 Å². The zero-order valence-electron chi connectivity index (χ0n) is 39.3. The van der Waals surface area contributed by atoms with Crippen LogP contribution in [0.25, 0.3) is 83.6 Å². The molecule has 11 aromatic rings. The van der Waals surface area contributed by atoms with Gasteiger partial charge < -0.3 is 14.0 Å². The molecular weight excluding hydrogens is 999 g/mol. The fourth-order valence-corrected chi connectivity index (χ4v) is 10.0. The van der Waals surface area contributed by atoms with Gasteiger partial charge in [-0.2, -0.15) is 0 Å². The molecule has 0 aliphatic heterocycles. The van der Waals surface area contributed by atoms with E-state index in [4.69, 9.17) is 12.1 Å². The Labute approximate surface area is 404 Å². The topological polar surface area (TPSA) is 43.9 Å². The second kappa shape index (κ2) is 19.3. The van der Waals surface area contributed by atoms with Crippen molar-refractivity contribution in [1.82, 2.24) is 14.5 Å². The van der Waals surface area contributed by atoms with Gasteiger partial charge in [0, 0.05) is 45.7 Å². The van der Waals surface area contributed by atoms with Crippen LogP contribution >= 0.6 is 0 Å². The zero-order valence-corrected chi connectivity index (χ0v) is 40.7. The quantitative estimate of drug-likeness (QED) is 0.107. The molecule has 3 aromatic heterocycles. The average molecular weight is 1050 g/mol. The average Bonchev–Trinajstić information content (AvgIpc) is 3.96. The first kappa shape index (κ1) is 41.7. The van der Waals surface area contributed by atoms with Gasteiger partial charge in [-0.05, 0) is 75.8 Å². The monoisotopic (exact) mass is 1050 g/mol. The van der Waals surface area contributed by atoms with Crippen molar-refractivity contribution >= 4 is 46.2 Å². The molecule has 6 heteroatoms. The van der Waals surface area contributed by atoms with Crippen molar-refractivity contribution in [3.63, 3.8) is 0 Å². The molecule has 8 aromatic carbocycles. The van der Waals surface area contributed by atoms with Crippen molar-refractivity contribution in [2.75, 3.05) is 0 Å². The van der Waals surface area contributed by atoms with E-state index in [0.717, 1.165) is 88.7 Å². The zero-order chi connectivity index (χ0) is 46.1. The van der Waals surface area contributed by atoms with Crippen LogP contribution in [0, 0.1) is 12.1 Å². The molecule has 0 amide bonds. The van der Waals surface area contributed by atoms with Crippen molar-refractivity contribution in [2.24, 2.45) is 0 Å². The number of nitrogens with zero attached hydrogens (tertiary/aromatic N) is 3. The van der Waals surface area contributed by atoms with Gasteiger partial charge in [-0.25, -0.2) is 0 Å². The largest absolute Gasteiger partial charge is 0.501 e. The molecule has 0 spiro atoms. The minimum absolute atomic E-state index is 0. The van der Waals surface area contributed by atoms with Crippen molar-refractivity contribution in [2.45, 2.75) is 38.9 Å². The van der Waals surface area contributed by atoms with E-state index in [9.17, 15) is 0 Å². The predicted molar refractivity (Wildman–Crippen MR) is 274 cm³/mol. The number of hydrogen-bond donors (Lipinski definition) is 0. The van der Waals surface area contributed by atoms with Gasteiger partial charge in [-0.15, -0.1) is 54.1 Å². The molecule has 0 bridgehead atoms. The molecule has 11 rings (SSSR count). The Bertz CT molecular complexity index is 3500. The number of aromatic nitrogens is 3. The molecule has 66 heavy (non-hydrogen) atoms. The summed E-state index contributed by atoms with van der Waals surface area (Å²) in [5.74, 6) is 0.541. The first-order valence-electron chi connectivity index (χ1n) is 23.1. The first-order valence-corrected chi connectivity index (χ1v) is 25.6. The van der Waals surface area contributed by atoms with Crippen molar-refractivity contribution in [3.05, 3.63) is 230 Å². The van der Waals surface area contributed by atoms with E-state index in [1.54, 1.807) is 0 Å². The van der Waals surface area contributed by atoms with E-state index in [1.165, 1.54) is 11.1 Å².